The first-order chi connectivity index (χ1) is 13.1. The molecule has 4 rings (SSSR count). The van der Waals surface area contributed by atoms with Crippen LogP contribution >= 0.6 is 11.6 Å². The van der Waals surface area contributed by atoms with Crippen LogP contribution in [0.15, 0.2) is 61.2 Å². The Morgan fingerprint density at radius 3 is 2.63 bits per heavy atom. The normalized spacial score (nSPS) is 16.6. The van der Waals surface area contributed by atoms with Gasteiger partial charge in [-0.15, -0.1) is 0 Å². The lowest BCUT2D eigenvalue weighted by Gasteiger charge is -2.18. The third kappa shape index (κ3) is 3.54. The van der Waals surface area contributed by atoms with Crippen LogP contribution in [0.4, 0.5) is 11.4 Å². The fraction of sp³-hybridized carbons (Fsp3) is 0.158. The second-order valence-corrected chi connectivity index (χ2v) is 6.64. The summed E-state index contributed by atoms with van der Waals surface area (Å²) in [7, 11) is 0. The summed E-state index contributed by atoms with van der Waals surface area (Å²) >= 11 is 6.18. The van der Waals surface area contributed by atoms with Crippen molar-refractivity contribution in [2.45, 2.75) is 6.42 Å². The molecule has 1 aliphatic rings. The van der Waals surface area contributed by atoms with Crippen LogP contribution in [0.1, 0.15) is 6.42 Å². The molecule has 1 saturated heterocycles. The second kappa shape index (κ2) is 7.20. The van der Waals surface area contributed by atoms with Crippen LogP contribution in [0, 0.1) is 5.92 Å². The van der Waals surface area contributed by atoms with Crippen LogP contribution in [0.5, 0.6) is 0 Å². The van der Waals surface area contributed by atoms with Crippen LogP contribution in [0.3, 0.4) is 0 Å². The maximum atomic E-state index is 12.6. The first-order valence-electron chi connectivity index (χ1n) is 8.42. The SMILES string of the molecule is O=C(Nc1ccc(-n2cncn2)cc1)C1CC(=O)N(c2ccccc2Cl)C1. The van der Waals surface area contributed by atoms with E-state index in [0.717, 1.165) is 5.69 Å². The Balaban J connectivity index is 1.43. The van der Waals surface area contributed by atoms with Crippen LogP contribution in [0.2, 0.25) is 5.02 Å². The molecule has 1 aromatic heterocycles. The predicted octanol–water partition coefficient (Wildman–Crippen LogP) is 2.91. The van der Waals surface area contributed by atoms with Crippen LogP contribution in [0.25, 0.3) is 5.69 Å². The van der Waals surface area contributed by atoms with Gasteiger partial charge in [-0.2, -0.15) is 5.10 Å². The molecule has 2 amide bonds. The van der Waals surface area contributed by atoms with Crippen LogP contribution in [-0.2, 0) is 9.59 Å². The lowest BCUT2D eigenvalue weighted by molar-refractivity contribution is -0.122. The Bertz CT molecular complexity index is 972. The van der Waals surface area contributed by atoms with Crippen molar-refractivity contribution < 1.29 is 9.59 Å². The van der Waals surface area contributed by atoms with Gasteiger partial charge in [-0.05, 0) is 36.4 Å². The molecule has 8 heteroatoms. The van der Waals surface area contributed by atoms with E-state index < -0.39 is 5.92 Å². The molecule has 3 aromatic rings. The summed E-state index contributed by atoms with van der Waals surface area (Å²) in [6.45, 7) is 0.311. The van der Waals surface area contributed by atoms with Gasteiger partial charge in [0, 0.05) is 18.7 Å². The van der Waals surface area contributed by atoms with Crippen molar-refractivity contribution in [3.8, 4) is 5.69 Å². The fourth-order valence-electron chi connectivity index (χ4n) is 3.07. The molecule has 0 spiro atoms. The summed E-state index contributed by atoms with van der Waals surface area (Å²) in [4.78, 5) is 30.4. The molecule has 0 aliphatic carbocycles. The van der Waals surface area contributed by atoms with E-state index in [1.54, 1.807) is 46.2 Å². The summed E-state index contributed by atoms with van der Waals surface area (Å²) in [5, 5.41) is 7.42. The number of halogens is 1. The molecule has 1 N–H and O–H groups in total. The molecule has 2 heterocycles. The lowest BCUT2D eigenvalue weighted by atomic mass is 10.1. The van der Waals surface area contributed by atoms with E-state index in [1.807, 2.05) is 18.2 Å². The van der Waals surface area contributed by atoms with E-state index in [2.05, 4.69) is 15.4 Å². The maximum absolute atomic E-state index is 12.6. The number of carbonyl (C=O) groups is 2. The fourth-order valence-corrected chi connectivity index (χ4v) is 3.31. The highest BCUT2D eigenvalue weighted by Gasteiger charge is 2.35. The van der Waals surface area contributed by atoms with Crippen molar-refractivity contribution in [1.82, 2.24) is 14.8 Å². The molecule has 1 atom stereocenters. The van der Waals surface area contributed by atoms with Gasteiger partial charge < -0.3 is 10.2 Å². The number of amides is 2. The molecule has 0 radical (unpaired) electrons. The Kier molecular flexibility index (Phi) is 4.60. The summed E-state index contributed by atoms with van der Waals surface area (Å²) in [5.41, 5.74) is 2.13. The van der Waals surface area contributed by atoms with E-state index in [9.17, 15) is 9.59 Å². The van der Waals surface area contributed by atoms with Crippen molar-refractivity contribution in [2.75, 3.05) is 16.8 Å². The van der Waals surface area contributed by atoms with Crippen molar-refractivity contribution in [3.05, 3.63) is 66.2 Å². The minimum atomic E-state index is -0.427. The summed E-state index contributed by atoms with van der Waals surface area (Å²) in [6, 6.07) is 14.4. The number of hydrogen-bond donors (Lipinski definition) is 1. The average Bonchev–Trinajstić information content (AvgIpc) is 3.33. The molecule has 0 bridgehead atoms. The van der Waals surface area contributed by atoms with E-state index in [0.29, 0.717) is 22.9 Å². The van der Waals surface area contributed by atoms with Gasteiger partial charge in [0.2, 0.25) is 11.8 Å². The summed E-state index contributed by atoms with van der Waals surface area (Å²) < 4.78 is 1.63. The van der Waals surface area contributed by atoms with Crippen molar-refractivity contribution in [3.63, 3.8) is 0 Å². The van der Waals surface area contributed by atoms with Gasteiger partial charge in [0.1, 0.15) is 12.7 Å². The van der Waals surface area contributed by atoms with E-state index in [4.69, 9.17) is 11.6 Å². The van der Waals surface area contributed by atoms with Gasteiger partial charge in [-0.3, -0.25) is 9.59 Å². The molecule has 2 aromatic carbocycles. The number of para-hydroxylation sites is 1. The largest absolute Gasteiger partial charge is 0.326 e. The van der Waals surface area contributed by atoms with Gasteiger partial charge in [0.25, 0.3) is 0 Å². The molecule has 1 unspecified atom stereocenters. The number of nitrogens with one attached hydrogen (secondary N) is 1. The van der Waals surface area contributed by atoms with E-state index in [-0.39, 0.29) is 18.2 Å². The summed E-state index contributed by atoms with van der Waals surface area (Å²) in [5.74, 6) is -0.722. The van der Waals surface area contributed by atoms with Crippen molar-refractivity contribution in [1.29, 1.82) is 0 Å². The third-order valence-electron chi connectivity index (χ3n) is 4.46. The van der Waals surface area contributed by atoms with Crippen LogP contribution in [-0.4, -0.2) is 33.1 Å². The molecule has 1 fully saturated rings. The predicted molar refractivity (Wildman–Crippen MR) is 102 cm³/mol. The average molecular weight is 382 g/mol. The number of nitrogens with zero attached hydrogens (tertiary/aromatic N) is 4. The minimum Gasteiger partial charge on any atom is -0.326 e. The van der Waals surface area contributed by atoms with Crippen molar-refractivity contribution in [2.24, 2.45) is 5.92 Å². The van der Waals surface area contributed by atoms with Crippen LogP contribution < -0.4 is 10.2 Å². The van der Waals surface area contributed by atoms with Gasteiger partial charge in [0.05, 0.1) is 22.3 Å². The second-order valence-electron chi connectivity index (χ2n) is 6.23. The standard InChI is InChI=1S/C19H16ClN5O2/c20-16-3-1-2-4-17(16)24-10-13(9-18(24)26)19(27)23-14-5-7-15(8-6-14)25-12-21-11-22-25/h1-8,11-13H,9-10H2,(H,23,27). The topological polar surface area (TPSA) is 80.1 Å². The minimum absolute atomic E-state index is 0.107. The molecule has 136 valence electrons. The highest BCUT2D eigenvalue weighted by Crippen LogP contribution is 2.31. The molecular weight excluding hydrogens is 366 g/mol. The zero-order valence-electron chi connectivity index (χ0n) is 14.2. The third-order valence-corrected chi connectivity index (χ3v) is 4.78. The molecule has 27 heavy (non-hydrogen) atoms. The van der Waals surface area contributed by atoms with Crippen molar-refractivity contribution >= 4 is 34.8 Å². The maximum Gasteiger partial charge on any atom is 0.229 e. The van der Waals surface area contributed by atoms with Gasteiger partial charge >= 0.3 is 0 Å². The number of anilines is 2. The highest BCUT2D eigenvalue weighted by molar-refractivity contribution is 6.33. The molecule has 0 saturated carbocycles. The number of benzene rings is 2. The summed E-state index contributed by atoms with van der Waals surface area (Å²) in [6.07, 6.45) is 3.21. The monoisotopic (exact) mass is 381 g/mol. The van der Waals surface area contributed by atoms with Gasteiger partial charge in [0.15, 0.2) is 0 Å². The van der Waals surface area contributed by atoms with E-state index >= 15 is 0 Å². The van der Waals surface area contributed by atoms with Gasteiger partial charge in [-0.25, -0.2) is 9.67 Å². The Morgan fingerprint density at radius 2 is 1.93 bits per heavy atom. The number of carbonyl (C=O) groups excluding carboxylic acids is 2. The lowest BCUT2D eigenvalue weighted by Crippen LogP contribution is -2.28. The zero-order valence-corrected chi connectivity index (χ0v) is 15.0. The number of aromatic nitrogens is 3. The number of rotatable bonds is 4. The Hall–Kier alpha value is -3.19. The Morgan fingerprint density at radius 1 is 1.15 bits per heavy atom. The molecule has 1 aliphatic heterocycles. The first kappa shape index (κ1) is 17.2. The zero-order chi connectivity index (χ0) is 18.8. The Labute approximate surface area is 160 Å². The highest BCUT2D eigenvalue weighted by atomic mass is 35.5. The number of hydrogen-bond acceptors (Lipinski definition) is 4. The van der Waals surface area contributed by atoms with Gasteiger partial charge in [-0.1, -0.05) is 23.7 Å². The molecule has 7 nitrogen and oxygen atoms in total. The van der Waals surface area contributed by atoms with E-state index in [1.165, 1.54) is 6.33 Å². The molecular formula is C19H16ClN5O2. The quantitative estimate of drug-likeness (QED) is 0.753. The first-order valence-corrected chi connectivity index (χ1v) is 8.80. The smallest absolute Gasteiger partial charge is 0.229 e.